The molecule has 0 spiro atoms. The molecule has 8 heteroatoms. The normalized spacial score (nSPS) is 16.0. The molecule has 24 heavy (non-hydrogen) atoms. The van der Waals surface area contributed by atoms with Crippen LogP contribution in [0.5, 0.6) is 0 Å². The zero-order chi connectivity index (χ0) is 17.9. The van der Waals surface area contributed by atoms with E-state index >= 15 is 0 Å². The predicted octanol–water partition coefficient (Wildman–Crippen LogP) is 3.43. The van der Waals surface area contributed by atoms with Gasteiger partial charge < -0.3 is 15.0 Å². The second-order valence-corrected chi connectivity index (χ2v) is 5.74. The number of benzene rings is 1. The highest BCUT2D eigenvalue weighted by Gasteiger charge is 2.33. The number of methoxy groups -OCH3 is 1. The molecule has 1 saturated heterocycles. The molecule has 0 unspecified atom stereocenters. The van der Waals surface area contributed by atoms with Crippen molar-refractivity contribution in [2.24, 2.45) is 5.92 Å². The van der Waals surface area contributed by atoms with Gasteiger partial charge in [-0.2, -0.15) is 13.2 Å². The summed E-state index contributed by atoms with van der Waals surface area (Å²) in [6, 6.07) is 3.20. The summed E-state index contributed by atoms with van der Waals surface area (Å²) in [6.45, 7) is 2.07. The molecule has 2 rings (SSSR count). The second kappa shape index (κ2) is 7.11. The van der Waals surface area contributed by atoms with Gasteiger partial charge >= 0.3 is 18.2 Å². The van der Waals surface area contributed by atoms with Gasteiger partial charge in [0.2, 0.25) is 0 Å². The lowest BCUT2D eigenvalue weighted by atomic mass is 9.97. The van der Waals surface area contributed by atoms with Gasteiger partial charge in [0.1, 0.15) is 0 Å². The first-order valence-corrected chi connectivity index (χ1v) is 7.54. The molecule has 0 atom stereocenters. The van der Waals surface area contributed by atoms with Crippen LogP contribution in [0, 0.1) is 12.8 Å². The van der Waals surface area contributed by atoms with Crippen LogP contribution in [0.3, 0.4) is 0 Å². The molecule has 0 saturated carbocycles. The maximum absolute atomic E-state index is 12.9. The van der Waals surface area contributed by atoms with Crippen LogP contribution in [-0.2, 0) is 15.7 Å². The van der Waals surface area contributed by atoms with Crippen LogP contribution in [-0.4, -0.2) is 37.1 Å². The van der Waals surface area contributed by atoms with Crippen LogP contribution in [0.25, 0.3) is 0 Å². The summed E-state index contributed by atoms with van der Waals surface area (Å²) < 4.78 is 43.4. The molecule has 2 amide bonds. The number of esters is 1. The first-order valence-electron chi connectivity index (χ1n) is 7.54. The summed E-state index contributed by atoms with van der Waals surface area (Å²) in [5.74, 6) is -0.543. The smallest absolute Gasteiger partial charge is 0.416 e. The number of rotatable bonds is 2. The van der Waals surface area contributed by atoms with E-state index in [-0.39, 0.29) is 23.1 Å². The number of likely N-dealkylation sites (tertiary alicyclic amines) is 1. The lowest BCUT2D eigenvalue weighted by molar-refractivity contribution is -0.146. The minimum absolute atomic E-state index is 0.0908. The summed E-state index contributed by atoms with van der Waals surface area (Å²) in [6.07, 6.45) is -3.52. The van der Waals surface area contributed by atoms with E-state index in [2.05, 4.69) is 10.1 Å². The van der Waals surface area contributed by atoms with Gasteiger partial charge in [0, 0.05) is 18.8 Å². The average Bonchev–Trinajstić information content (AvgIpc) is 2.55. The predicted molar refractivity (Wildman–Crippen MR) is 81.5 cm³/mol. The Bertz CT molecular complexity index is 623. The number of anilines is 1. The standard InChI is InChI=1S/C16H19F3N2O3/c1-10-3-4-12(9-13(10)16(17,18)19)20-15(23)21-7-5-11(6-8-21)14(22)24-2/h3-4,9,11H,5-8H2,1-2H3,(H,20,23). The van der Waals surface area contributed by atoms with Gasteiger partial charge in [-0.15, -0.1) is 0 Å². The molecule has 1 aliphatic rings. The second-order valence-electron chi connectivity index (χ2n) is 5.74. The SMILES string of the molecule is COC(=O)C1CCN(C(=O)Nc2ccc(C)c(C(F)(F)F)c2)CC1. The van der Waals surface area contributed by atoms with Gasteiger partial charge in [-0.25, -0.2) is 4.79 Å². The summed E-state index contributed by atoms with van der Waals surface area (Å²) >= 11 is 0. The minimum atomic E-state index is -4.47. The fourth-order valence-electron chi connectivity index (χ4n) is 2.69. The van der Waals surface area contributed by atoms with E-state index in [1.807, 2.05) is 0 Å². The minimum Gasteiger partial charge on any atom is -0.469 e. The zero-order valence-electron chi connectivity index (χ0n) is 13.4. The number of amides is 2. The summed E-state index contributed by atoms with van der Waals surface area (Å²) in [7, 11) is 1.32. The number of hydrogen-bond donors (Lipinski definition) is 1. The highest BCUT2D eigenvalue weighted by atomic mass is 19.4. The molecule has 0 aromatic heterocycles. The van der Waals surface area contributed by atoms with Crippen molar-refractivity contribution in [2.75, 3.05) is 25.5 Å². The van der Waals surface area contributed by atoms with Crippen LogP contribution >= 0.6 is 0 Å². The van der Waals surface area contributed by atoms with Crippen molar-refractivity contribution >= 4 is 17.7 Å². The molecular formula is C16H19F3N2O3. The van der Waals surface area contributed by atoms with Crippen molar-refractivity contribution in [1.29, 1.82) is 0 Å². The zero-order valence-corrected chi connectivity index (χ0v) is 13.4. The Kier molecular flexibility index (Phi) is 5.36. The molecule has 1 aromatic rings. The number of hydrogen-bond acceptors (Lipinski definition) is 3. The molecule has 1 heterocycles. The van der Waals surface area contributed by atoms with Crippen molar-refractivity contribution in [1.82, 2.24) is 4.90 Å². The van der Waals surface area contributed by atoms with Gasteiger partial charge in [0.25, 0.3) is 0 Å². The van der Waals surface area contributed by atoms with Crippen molar-refractivity contribution in [3.8, 4) is 0 Å². The number of aryl methyl sites for hydroxylation is 1. The number of carbonyl (C=O) groups excluding carboxylic acids is 2. The first-order chi connectivity index (χ1) is 11.2. The van der Waals surface area contributed by atoms with Gasteiger partial charge in [-0.3, -0.25) is 4.79 Å². The maximum Gasteiger partial charge on any atom is 0.416 e. The van der Waals surface area contributed by atoms with Crippen LogP contribution in [0.4, 0.5) is 23.7 Å². The summed E-state index contributed by atoms with van der Waals surface area (Å²) in [4.78, 5) is 25.1. The van der Waals surface area contributed by atoms with Crippen LogP contribution in [0.1, 0.15) is 24.0 Å². The van der Waals surface area contributed by atoms with E-state index in [1.165, 1.54) is 31.1 Å². The van der Waals surface area contributed by atoms with Gasteiger partial charge in [-0.1, -0.05) is 6.07 Å². The Balaban J connectivity index is 2.00. The number of carbonyl (C=O) groups is 2. The molecule has 132 valence electrons. The van der Waals surface area contributed by atoms with Gasteiger partial charge in [-0.05, 0) is 37.5 Å². The third-order valence-corrected chi connectivity index (χ3v) is 4.11. The fraction of sp³-hybridized carbons (Fsp3) is 0.500. The number of ether oxygens (including phenoxy) is 1. The Morgan fingerprint density at radius 2 is 1.88 bits per heavy atom. The number of nitrogens with zero attached hydrogens (tertiary/aromatic N) is 1. The molecule has 0 aliphatic carbocycles. The highest BCUT2D eigenvalue weighted by Crippen LogP contribution is 2.33. The van der Waals surface area contributed by atoms with Crippen molar-refractivity contribution < 1.29 is 27.5 Å². The average molecular weight is 344 g/mol. The molecule has 1 aliphatic heterocycles. The Morgan fingerprint density at radius 1 is 1.25 bits per heavy atom. The molecule has 1 N–H and O–H groups in total. The molecule has 1 aromatic carbocycles. The van der Waals surface area contributed by atoms with Crippen molar-refractivity contribution in [3.05, 3.63) is 29.3 Å². The van der Waals surface area contributed by atoms with E-state index in [1.54, 1.807) is 0 Å². The summed E-state index contributed by atoms with van der Waals surface area (Å²) in [5, 5.41) is 2.48. The van der Waals surface area contributed by atoms with E-state index in [9.17, 15) is 22.8 Å². The van der Waals surface area contributed by atoms with Gasteiger partial charge in [0.15, 0.2) is 0 Å². The molecule has 0 bridgehead atoms. The van der Waals surface area contributed by atoms with E-state index in [0.717, 1.165) is 6.07 Å². The lowest BCUT2D eigenvalue weighted by Gasteiger charge is -2.30. The van der Waals surface area contributed by atoms with Crippen LogP contribution in [0.15, 0.2) is 18.2 Å². The lowest BCUT2D eigenvalue weighted by Crippen LogP contribution is -2.42. The first kappa shape index (κ1) is 18.1. The van der Waals surface area contributed by atoms with Crippen molar-refractivity contribution in [3.63, 3.8) is 0 Å². The monoisotopic (exact) mass is 344 g/mol. The number of nitrogens with one attached hydrogen (secondary N) is 1. The van der Waals surface area contributed by atoms with Crippen LogP contribution < -0.4 is 5.32 Å². The Morgan fingerprint density at radius 3 is 2.42 bits per heavy atom. The van der Waals surface area contributed by atoms with Gasteiger partial charge in [0.05, 0.1) is 18.6 Å². The summed E-state index contributed by atoms with van der Waals surface area (Å²) in [5.41, 5.74) is -0.586. The quantitative estimate of drug-likeness (QED) is 0.836. The highest BCUT2D eigenvalue weighted by molar-refractivity contribution is 5.89. The van der Waals surface area contributed by atoms with Crippen LogP contribution in [0.2, 0.25) is 0 Å². The number of piperidine rings is 1. The third-order valence-electron chi connectivity index (χ3n) is 4.11. The van der Waals surface area contributed by atoms with E-state index in [4.69, 9.17) is 0 Å². The molecule has 1 fully saturated rings. The molecule has 5 nitrogen and oxygen atoms in total. The Labute approximate surface area is 137 Å². The topological polar surface area (TPSA) is 58.6 Å². The number of urea groups is 1. The number of alkyl halides is 3. The van der Waals surface area contributed by atoms with Crippen molar-refractivity contribution in [2.45, 2.75) is 25.9 Å². The molecular weight excluding hydrogens is 325 g/mol. The van der Waals surface area contributed by atoms with E-state index in [0.29, 0.717) is 25.9 Å². The maximum atomic E-state index is 12.9. The molecule has 0 radical (unpaired) electrons. The largest absolute Gasteiger partial charge is 0.469 e. The van der Waals surface area contributed by atoms with E-state index < -0.39 is 17.8 Å². The Hall–Kier alpha value is -2.25. The fourth-order valence-corrected chi connectivity index (χ4v) is 2.69. The third kappa shape index (κ3) is 4.18. The number of halogens is 3.